The van der Waals surface area contributed by atoms with Crippen LogP contribution in [0.25, 0.3) is 0 Å². The van der Waals surface area contributed by atoms with Gasteiger partial charge in [-0.25, -0.2) is 0 Å². The number of hydrogen-bond donors (Lipinski definition) is 1. The Morgan fingerprint density at radius 3 is 2.70 bits per heavy atom. The van der Waals surface area contributed by atoms with Gasteiger partial charge in [0.25, 0.3) is 5.91 Å². The van der Waals surface area contributed by atoms with Crippen molar-refractivity contribution in [3.63, 3.8) is 0 Å². The lowest BCUT2D eigenvalue weighted by molar-refractivity contribution is -0.153. The Morgan fingerprint density at radius 1 is 1.08 bits per heavy atom. The van der Waals surface area contributed by atoms with Gasteiger partial charge in [-0.15, -0.1) is 11.8 Å². The van der Waals surface area contributed by atoms with Gasteiger partial charge >= 0.3 is 5.97 Å². The van der Waals surface area contributed by atoms with Crippen LogP contribution in [-0.2, 0) is 19.1 Å². The van der Waals surface area contributed by atoms with E-state index in [-0.39, 0.29) is 29.6 Å². The molecule has 0 bridgehead atoms. The third kappa shape index (κ3) is 4.72. The Balaban J connectivity index is 1.55. The topological polar surface area (TPSA) is 87.2 Å². The molecule has 7 nitrogen and oxygen atoms in total. The molecule has 0 aromatic heterocycles. The van der Waals surface area contributed by atoms with Crippen molar-refractivity contribution in [2.45, 2.75) is 54.6 Å². The minimum atomic E-state index is -0.868. The Morgan fingerprint density at radius 2 is 1.89 bits per heavy atom. The molecule has 0 saturated carbocycles. The molecule has 2 fully saturated rings. The number of para-hydroxylation sites is 1. The zero-order valence-electron chi connectivity index (χ0n) is 20.8. The maximum Gasteiger partial charge on any atom is 0.311 e. The van der Waals surface area contributed by atoms with E-state index in [1.54, 1.807) is 27.6 Å². The Labute approximate surface area is 226 Å². The molecular weight excluding hydrogens is 512 g/mol. The number of ether oxygens (including phenoxy) is 1. The summed E-state index contributed by atoms with van der Waals surface area (Å²) in [6, 6.07) is 6.49. The van der Waals surface area contributed by atoms with Crippen molar-refractivity contribution >= 4 is 46.8 Å². The summed E-state index contributed by atoms with van der Waals surface area (Å²) in [6.45, 7) is 1.23. The number of benzene rings is 1. The van der Waals surface area contributed by atoms with Crippen LogP contribution in [0.15, 0.2) is 48.6 Å². The van der Waals surface area contributed by atoms with E-state index in [4.69, 9.17) is 21.4 Å². The molecule has 9 heteroatoms. The molecule has 37 heavy (non-hydrogen) atoms. The number of rotatable bonds is 7. The molecule has 4 aliphatic rings. The number of thioether (sulfide) groups is 1. The lowest BCUT2D eigenvalue weighted by Gasteiger charge is -2.35. The van der Waals surface area contributed by atoms with Gasteiger partial charge in [-0.05, 0) is 37.8 Å². The van der Waals surface area contributed by atoms with Crippen molar-refractivity contribution in [2.24, 2.45) is 11.8 Å². The Kier molecular flexibility index (Phi) is 7.98. The molecule has 0 aliphatic carbocycles. The third-order valence-electron chi connectivity index (χ3n) is 7.80. The lowest BCUT2D eigenvalue weighted by Crippen LogP contribution is -2.53. The summed E-state index contributed by atoms with van der Waals surface area (Å²) >= 11 is 8.06. The number of nitrogens with zero attached hydrogens (tertiary/aromatic N) is 2. The summed E-state index contributed by atoms with van der Waals surface area (Å²) in [5.41, 5.74) is 0.611. The molecule has 4 heterocycles. The first-order chi connectivity index (χ1) is 18.0. The zero-order valence-corrected chi connectivity index (χ0v) is 22.3. The number of aliphatic hydroxyl groups excluding tert-OH is 1. The van der Waals surface area contributed by atoms with Gasteiger partial charge in [-0.1, -0.05) is 60.9 Å². The van der Waals surface area contributed by atoms with Gasteiger partial charge in [-0.2, -0.15) is 0 Å². The van der Waals surface area contributed by atoms with Crippen molar-refractivity contribution in [2.75, 3.05) is 31.2 Å². The van der Waals surface area contributed by atoms with Gasteiger partial charge in [-0.3, -0.25) is 14.4 Å². The molecule has 4 aliphatic heterocycles. The second-order valence-electron chi connectivity index (χ2n) is 10.1. The maximum atomic E-state index is 14.3. The number of amides is 2. The van der Waals surface area contributed by atoms with Gasteiger partial charge in [0.05, 0.1) is 33.9 Å². The highest BCUT2D eigenvalue weighted by atomic mass is 35.5. The number of anilines is 1. The predicted octanol–water partition coefficient (Wildman–Crippen LogP) is 3.99. The van der Waals surface area contributed by atoms with E-state index >= 15 is 0 Å². The van der Waals surface area contributed by atoms with E-state index in [0.717, 1.165) is 32.1 Å². The average Bonchev–Trinajstić information content (AvgIpc) is 3.29. The van der Waals surface area contributed by atoms with E-state index in [0.29, 0.717) is 36.8 Å². The van der Waals surface area contributed by atoms with Crippen LogP contribution in [0.5, 0.6) is 0 Å². The fourth-order valence-corrected chi connectivity index (χ4v) is 8.37. The molecule has 1 unspecified atom stereocenters. The Bertz CT molecular complexity index is 1110. The summed E-state index contributed by atoms with van der Waals surface area (Å²) in [7, 11) is 0. The van der Waals surface area contributed by atoms with Gasteiger partial charge in [0.15, 0.2) is 0 Å². The van der Waals surface area contributed by atoms with Gasteiger partial charge in [0.2, 0.25) is 5.91 Å². The number of cyclic esters (lactones) is 1. The number of carbonyl (C=O) groups is 3. The van der Waals surface area contributed by atoms with E-state index < -0.39 is 22.6 Å². The molecule has 5 rings (SSSR count). The van der Waals surface area contributed by atoms with Crippen LogP contribution in [0.2, 0.25) is 5.02 Å². The normalized spacial score (nSPS) is 32.1. The number of esters is 1. The summed E-state index contributed by atoms with van der Waals surface area (Å²) in [6.07, 6.45) is 12.7. The molecule has 2 saturated heterocycles. The highest BCUT2D eigenvalue weighted by molar-refractivity contribution is 8.02. The monoisotopic (exact) mass is 544 g/mol. The average molecular weight is 545 g/mol. The number of carbonyl (C=O) groups excluding carboxylic acids is 3. The standard InChI is InChI=1S/C28H33ClN2O5S/c29-19-11-5-6-12-20(19)30-16-10-14-28-23(22-21(37-28)13-4-3-9-18-36-27(22)35)25(33)31(24(28)26(30)34)15-7-1-2-8-17-32/h4-6,10-14,21-24,32H,1-3,7-9,15-18H2/b13-4-/t21-,22+,23+,24?,28+/m1/s1. The highest BCUT2D eigenvalue weighted by Gasteiger charge is 2.70. The molecule has 5 atom stereocenters. The van der Waals surface area contributed by atoms with Crippen molar-refractivity contribution < 1.29 is 24.2 Å². The van der Waals surface area contributed by atoms with Crippen LogP contribution in [0.4, 0.5) is 5.69 Å². The SMILES string of the molecule is O=C1OCCC/C=C\[C@H]2S[C@]34C=CCN(c5ccccc5Cl)C(=O)C3N(CCCCCCO)C(=O)[C@@H]4[C@@H]12. The van der Waals surface area contributed by atoms with Crippen molar-refractivity contribution in [1.82, 2.24) is 4.90 Å². The number of hydrogen-bond acceptors (Lipinski definition) is 6. The molecule has 1 aromatic carbocycles. The second-order valence-corrected chi connectivity index (χ2v) is 11.9. The summed E-state index contributed by atoms with van der Waals surface area (Å²) < 4.78 is 4.74. The van der Waals surface area contributed by atoms with E-state index in [1.807, 2.05) is 36.4 Å². The van der Waals surface area contributed by atoms with Crippen LogP contribution < -0.4 is 4.90 Å². The van der Waals surface area contributed by atoms with Crippen LogP contribution in [0.3, 0.4) is 0 Å². The number of likely N-dealkylation sites (tertiary alicyclic amines) is 1. The maximum absolute atomic E-state index is 14.3. The van der Waals surface area contributed by atoms with Crippen LogP contribution in [-0.4, -0.2) is 70.1 Å². The highest BCUT2D eigenvalue weighted by Crippen LogP contribution is 2.61. The van der Waals surface area contributed by atoms with Crippen LogP contribution in [0.1, 0.15) is 38.5 Å². The molecule has 1 spiro atoms. The molecule has 198 valence electrons. The first-order valence-corrected chi connectivity index (χ1v) is 14.4. The van der Waals surface area contributed by atoms with E-state index in [2.05, 4.69) is 6.08 Å². The quantitative estimate of drug-likeness (QED) is 0.317. The number of fused-ring (bicyclic) bond motifs is 2. The smallest absolute Gasteiger partial charge is 0.311 e. The second kappa shape index (κ2) is 11.2. The molecule has 1 N–H and O–H groups in total. The van der Waals surface area contributed by atoms with Gasteiger partial charge < -0.3 is 19.6 Å². The van der Waals surface area contributed by atoms with Crippen LogP contribution in [0, 0.1) is 11.8 Å². The van der Waals surface area contributed by atoms with E-state index in [9.17, 15) is 14.4 Å². The van der Waals surface area contributed by atoms with Crippen molar-refractivity contribution in [3.8, 4) is 0 Å². The largest absolute Gasteiger partial charge is 0.465 e. The first kappa shape index (κ1) is 26.3. The van der Waals surface area contributed by atoms with E-state index in [1.165, 1.54) is 0 Å². The fraction of sp³-hybridized carbons (Fsp3) is 0.536. The summed E-state index contributed by atoms with van der Waals surface area (Å²) in [5, 5.41) is 9.35. The van der Waals surface area contributed by atoms with Crippen molar-refractivity contribution in [3.05, 3.63) is 53.6 Å². The molecule has 0 radical (unpaired) electrons. The zero-order chi connectivity index (χ0) is 26.0. The Hall–Kier alpha value is -2.29. The lowest BCUT2D eigenvalue weighted by atomic mass is 9.78. The number of allylic oxidation sites excluding steroid dienone is 1. The van der Waals surface area contributed by atoms with Gasteiger partial charge in [0, 0.05) is 24.9 Å². The van der Waals surface area contributed by atoms with Crippen molar-refractivity contribution in [1.29, 1.82) is 0 Å². The number of halogens is 1. The molecule has 1 aromatic rings. The minimum absolute atomic E-state index is 0.141. The van der Waals surface area contributed by atoms with Gasteiger partial charge in [0.1, 0.15) is 6.04 Å². The fourth-order valence-electron chi connectivity index (χ4n) is 6.13. The predicted molar refractivity (Wildman–Crippen MR) is 144 cm³/mol. The molecular formula is C28H33ClN2O5S. The summed E-state index contributed by atoms with van der Waals surface area (Å²) in [4.78, 5) is 45.1. The van der Waals surface area contributed by atoms with Crippen LogP contribution >= 0.6 is 23.4 Å². The number of aliphatic hydroxyl groups is 1. The first-order valence-electron chi connectivity index (χ1n) is 13.2. The summed E-state index contributed by atoms with van der Waals surface area (Å²) in [5.74, 6) is -2.00. The third-order valence-corrected chi connectivity index (χ3v) is 9.87. The minimum Gasteiger partial charge on any atom is -0.465 e. The molecule has 2 amide bonds. The number of unbranched alkanes of at least 4 members (excludes halogenated alkanes) is 3.